The number of benzene rings is 3. The first-order valence-electron chi connectivity index (χ1n) is 10.5. The van der Waals surface area contributed by atoms with E-state index < -0.39 is 0 Å². The molecule has 0 bridgehead atoms. The summed E-state index contributed by atoms with van der Waals surface area (Å²) in [7, 11) is 0. The fourth-order valence-corrected chi connectivity index (χ4v) is 3.35. The second kappa shape index (κ2) is 10.5. The van der Waals surface area contributed by atoms with Gasteiger partial charge in [-0.2, -0.15) is 0 Å². The SMILES string of the molecule is CCOc1ccc(C(=O)Nc2ccccc2OCC)cc1COc1cc(C)cc(C)c1. The predicted molar refractivity (Wildman–Crippen MR) is 123 cm³/mol. The number of hydrogen-bond acceptors (Lipinski definition) is 4. The number of carbonyl (C=O) groups is 1. The van der Waals surface area contributed by atoms with Crippen molar-refractivity contribution in [2.24, 2.45) is 0 Å². The summed E-state index contributed by atoms with van der Waals surface area (Å²) in [6, 6.07) is 18.9. The number of para-hydroxylation sites is 2. The van der Waals surface area contributed by atoms with Crippen molar-refractivity contribution in [1.29, 1.82) is 0 Å². The van der Waals surface area contributed by atoms with Crippen LogP contribution in [0.5, 0.6) is 17.2 Å². The van der Waals surface area contributed by atoms with Gasteiger partial charge in [0.05, 0.1) is 18.9 Å². The van der Waals surface area contributed by atoms with Crippen molar-refractivity contribution in [3.8, 4) is 17.2 Å². The molecule has 0 radical (unpaired) electrons. The third-order valence-corrected chi connectivity index (χ3v) is 4.65. The van der Waals surface area contributed by atoms with Crippen LogP contribution in [0.25, 0.3) is 0 Å². The monoisotopic (exact) mass is 419 g/mol. The number of aryl methyl sites for hydroxylation is 2. The van der Waals surface area contributed by atoms with Gasteiger partial charge in [-0.1, -0.05) is 18.2 Å². The molecule has 3 aromatic carbocycles. The molecule has 0 aliphatic heterocycles. The van der Waals surface area contributed by atoms with Gasteiger partial charge in [0.2, 0.25) is 0 Å². The molecule has 0 atom stereocenters. The van der Waals surface area contributed by atoms with Crippen LogP contribution in [0, 0.1) is 13.8 Å². The highest BCUT2D eigenvalue weighted by Gasteiger charge is 2.14. The molecule has 0 aromatic heterocycles. The lowest BCUT2D eigenvalue weighted by atomic mass is 10.1. The van der Waals surface area contributed by atoms with E-state index in [9.17, 15) is 4.79 Å². The topological polar surface area (TPSA) is 56.8 Å². The van der Waals surface area contributed by atoms with Gasteiger partial charge < -0.3 is 19.5 Å². The molecule has 0 saturated heterocycles. The van der Waals surface area contributed by atoms with Crippen molar-refractivity contribution in [3.63, 3.8) is 0 Å². The third kappa shape index (κ3) is 6.01. The average molecular weight is 420 g/mol. The molecule has 31 heavy (non-hydrogen) atoms. The van der Waals surface area contributed by atoms with Gasteiger partial charge >= 0.3 is 0 Å². The number of amides is 1. The fraction of sp³-hybridized carbons (Fsp3) is 0.269. The maximum atomic E-state index is 12.9. The van der Waals surface area contributed by atoms with Crippen LogP contribution in [0.15, 0.2) is 60.7 Å². The minimum atomic E-state index is -0.220. The lowest BCUT2D eigenvalue weighted by molar-refractivity contribution is 0.102. The summed E-state index contributed by atoms with van der Waals surface area (Å²) >= 11 is 0. The highest BCUT2D eigenvalue weighted by atomic mass is 16.5. The molecule has 0 fully saturated rings. The molecule has 1 N–H and O–H groups in total. The highest BCUT2D eigenvalue weighted by Crippen LogP contribution is 2.27. The van der Waals surface area contributed by atoms with Crippen LogP contribution in [0.2, 0.25) is 0 Å². The van der Waals surface area contributed by atoms with Crippen LogP contribution in [0.3, 0.4) is 0 Å². The van der Waals surface area contributed by atoms with Crippen molar-refractivity contribution in [2.75, 3.05) is 18.5 Å². The minimum absolute atomic E-state index is 0.220. The van der Waals surface area contributed by atoms with E-state index in [0.717, 1.165) is 22.4 Å². The highest BCUT2D eigenvalue weighted by molar-refractivity contribution is 6.05. The summed E-state index contributed by atoms with van der Waals surface area (Å²) < 4.78 is 17.4. The molecule has 0 unspecified atom stereocenters. The summed E-state index contributed by atoms with van der Waals surface area (Å²) in [6.07, 6.45) is 0. The molecule has 0 heterocycles. The van der Waals surface area contributed by atoms with E-state index in [1.165, 1.54) is 0 Å². The Morgan fingerprint density at radius 1 is 0.806 bits per heavy atom. The lowest BCUT2D eigenvalue weighted by Crippen LogP contribution is -2.14. The molecule has 0 spiro atoms. The summed E-state index contributed by atoms with van der Waals surface area (Å²) in [5.41, 5.74) is 4.25. The van der Waals surface area contributed by atoms with Crippen molar-refractivity contribution in [1.82, 2.24) is 0 Å². The second-order valence-corrected chi connectivity index (χ2v) is 7.25. The first-order valence-corrected chi connectivity index (χ1v) is 10.5. The minimum Gasteiger partial charge on any atom is -0.493 e. The summed E-state index contributed by atoms with van der Waals surface area (Å²) in [5, 5.41) is 2.93. The van der Waals surface area contributed by atoms with E-state index in [2.05, 4.69) is 11.4 Å². The van der Waals surface area contributed by atoms with Gasteiger partial charge in [0, 0.05) is 11.1 Å². The normalized spacial score (nSPS) is 10.5. The van der Waals surface area contributed by atoms with Crippen molar-refractivity contribution >= 4 is 11.6 Å². The molecule has 0 aliphatic rings. The van der Waals surface area contributed by atoms with Crippen LogP contribution in [0.4, 0.5) is 5.69 Å². The van der Waals surface area contributed by atoms with E-state index in [-0.39, 0.29) is 5.91 Å². The van der Waals surface area contributed by atoms with Crippen LogP contribution < -0.4 is 19.5 Å². The van der Waals surface area contributed by atoms with Gasteiger partial charge in [-0.15, -0.1) is 0 Å². The first-order chi connectivity index (χ1) is 15.0. The van der Waals surface area contributed by atoms with E-state index in [1.807, 2.05) is 76.2 Å². The maximum Gasteiger partial charge on any atom is 0.255 e. The molecule has 5 nitrogen and oxygen atoms in total. The Kier molecular flexibility index (Phi) is 7.55. The zero-order chi connectivity index (χ0) is 22.2. The third-order valence-electron chi connectivity index (χ3n) is 4.65. The zero-order valence-electron chi connectivity index (χ0n) is 18.5. The Morgan fingerprint density at radius 2 is 1.48 bits per heavy atom. The fourth-order valence-electron chi connectivity index (χ4n) is 3.35. The van der Waals surface area contributed by atoms with Gasteiger partial charge in [0.15, 0.2) is 0 Å². The zero-order valence-corrected chi connectivity index (χ0v) is 18.5. The Labute approximate surface area is 184 Å². The molecule has 3 aromatic rings. The summed E-state index contributed by atoms with van der Waals surface area (Å²) in [6.45, 7) is 9.27. The molecule has 162 valence electrons. The first kappa shape index (κ1) is 22.2. The van der Waals surface area contributed by atoms with Crippen LogP contribution >= 0.6 is 0 Å². The van der Waals surface area contributed by atoms with Gasteiger partial charge in [-0.05, 0) is 81.3 Å². The number of rotatable bonds is 9. The summed E-state index contributed by atoms with van der Waals surface area (Å²) in [4.78, 5) is 12.9. The Bertz CT molecular complexity index is 1030. The van der Waals surface area contributed by atoms with Crippen molar-refractivity contribution in [2.45, 2.75) is 34.3 Å². The van der Waals surface area contributed by atoms with Gasteiger partial charge in [-0.25, -0.2) is 0 Å². The van der Waals surface area contributed by atoms with Crippen molar-refractivity contribution < 1.29 is 19.0 Å². The Hall–Kier alpha value is -3.47. The van der Waals surface area contributed by atoms with Gasteiger partial charge in [0.25, 0.3) is 5.91 Å². The largest absolute Gasteiger partial charge is 0.493 e. The molecule has 3 rings (SSSR count). The number of anilines is 1. The number of ether oxygens (including phenoxy) is 3. The number of hydrogen-bond donors (Lipinski definition) is 1. The van der Waals surface area contributed by atoms with Crippen LogP contribution in [0.1, 0.15) is 40.9 Å². The van der Waals surface area contributed by atoms with Gasteiger partial charge in [0.1, 0.15) is 23.9 Å². The summed E-state index contributed by atoms with van der Waals surface area (Å²) in [5.74, 6) is 1.92. The Balaban J connectivity index is 1.81. The molecule has 5 heteroatoms. The van der Waals surface area contributed by atoms with Crippen molar-refractivity contribution in [3.05, 3.63) is 82.9 Å². The number of nitrogens with one attached hydrogen (secondary N) is 1. The second-order valence-electron chi connectivity index (χ2n) is 7.25. The molecule has 0 saturated carbocycles. The van der Waals surface area contributed by atoms with Crippen LogP contribution in [-0.2, 0) is 6.61 Å². The molecular formula is C26H29NO4. The van der Waals surface area contributed by atoms with Crippen LogP contribution in [-0.4, -0.2) is 19.1 Å². The Morgan fingerprint density at radius 3 is 2.19 bits per heavy atom. The smallest absolute Gasteiger partial charge is 0.255 e. The van der Waals surface area contributed by atoms with E-state index in [1.54, 1.807) is 6.07 Å². The molecular weight excluding hydrogens is 390 g/mol. The standard InChI is InChI=1S/C26H29NO4/c1-5-29-24-12-11-20(26(28)27-23-9-7-8-10-25(23)30-6-2)16-21(24)17-31-22-14-18(3)13-19(4)15-22/h7-16H,5-6,17H2,1-4H3,(H,27,28). The lowest BCUT2D eigenvalue weighted by Gasteiger charge is -2.15. The molecule has 1 amide bonds. The van der Waals surface area contributed by atoms with E-state index in [0.29, 0.717) is 42.6 Å². The maximum absolute atomic E-state index is 12.9. The number of carbonyl (C=O) groups excluding carboxylic acids is 1. The van der Waals surface area contributed by atoms with Gasteiger partial charge in [-0.3, -0.25) is 4.79 Å². The quantitative estimate of drug-likeness (QED) is 0.467. The average Bonchev–Trinajstić information content (AvgIpc) is 2.74. The van der Waals surface area contributed by atoms with E-state index >= 15 is 0 Å². The predicted octanol–water partition coefficient (Wildman–Crippen LogP) is 5.93. The molecule has 0 aliphatic carbocycles. The van der Waals surface area contributed by atoms with E-state index in [4.69, 9.17) is 14.2 Å².